The van der Waals surface area contributed by atoms with Gasteiger partial charge in [0, 0.05) is 66.4 Å². The highest BCUT2D eigenvalue weighted by Gasteiger charge is 2.39. The smallest absolute Gasteiger partial charge is 0.283 e. The van der Waals surface area contributed by atoms with Gasteiger partial charge >= 0.3 is 0 Å². The topological polar surface area (TPSA) is 165 Å². The number of hydrazine groups is 1. The third-order valence-electron chi connectivity index (χ3n) is 6.78. The molecule has 0 aliphatic carbocycles. The lowest BCUT2D eigenvalue weighted by Crippen LogP contribution is -2.58. The van der Waals surface area contributed by atoms with Crippen molar-refractivity contribution >= 4 is 78.1 Å². The number of hydrogen-bond donors (Lipinski definition) is 3. The zero-order chi connectivity index (χ0) is 28.8. The summed E-state index contributed by atoms with van der Waals surface area (Å²) in [4.78, 5) is 40.2. The van der Waals surface area contributed by atoms with Gasteiger partial charge in [0.25, 0.3) is 15.9 Å². The van der Waals surface area contributed by atoms with Gasteiger partial charge in [0.15, 0.2) is 5.01 Å². The molecule has 1 saturated heterocycles. The number of hydrogen-bond acceptors (Lipinski definition) is 9. The summed E-state index contributed by atoms with van der Waals surface area (Å²) < 4.78 is 51.3. The Bertz CT molecular complexity index is 1690. The molecular weight excluding hydrogens is 637 g/mol. The molecule has 5 rings (SSSR count). The number of piperazine rings is 1. The molecule has 1 unspecified atom stereocenters. The van der Waals surface area contributed by atoms with Crippen LogP contribution in [0.2, 0.25) is 5.02 Å². The summed E-state index contributed by atoms with van der Waals surface area (Å²) in [6, 6.07) is 5.59. The normalized spacial score (nSPS) is 18.6. The van der Waals surface area contributed by atoms with E-state index in [1.807, 2.05) is 11.9 Å². The van der Waals surface area contributed by atoms with Crippen LogP contribution in [0.25, 0.3) is 10.9 Å². The maximum atomic E-state index is 13.6. The highest BCUT2D eigenvalue weighted by molar-refractivity contribution is 7.89. The molecule has 18 heteroatoms. The van der Waals surface area contributed by atoms with Gasteiger partial charge in [0.05, 0.1) is 18.0 Å². The van der Waals surface area contributed by atoms with Gasteiger partial charge in [-0.2, -0.15) is 4.31 Å². The number of benzene rings is 1. The van der Waals surface area contributed by atoms with E-state index in [1.54, 1.807) is 18.2 Å². The first-order valence-corrected chi connectivity index (χ1v) is 16.8. The summed E-state index contributed by atoms with van der Waals surface area (Å²) in [6.07, 6.45) is 1.27. The number of aromatic amines is 1. The van der Waals surface area contributed by atoms with E-state index in [-0.39, 0.29) is 48.5 Å². The fourth-order valence-electron chi connectivity index (χ4n) is 4.79. The van der Waals surface area contributed by atoms with E-state index in [2.05, 4.69) is 20.3 Å². The maximum absolute atomic E-state index is 13.6. The number of likely N-dealkylation sites (N-methyl/N-ethyl adjacent to an activating group) is 1. The molecule has 0 saturated carbocycles. The van der Waals surface area contributed by atoms with Crippen LogP contribution in [0.1, 0.15) is 26.8 Å². The van der Waals surface area contributed by atoms with E-state index < -0.39 is 37.9 Å². The van der Waals surface area contributed by atoms with Crippen molar-refractivity contribution in [2.45, 2.75) is 30.5 Å². The lowest BCUT2D eigenvalue weighted by molar-refractivity contribution is -0.122. The first-order chi connectivity index (χ1) is 18.8. The molecule has 2 aliphatic heterocycles. The Morgan fingerprint density at radius 2 is 1.93 bits per heavy atom. The molecule has 1 atom stereocenters. The Morgan fingerprint density at radius 1 is 1.17 bits per heavy atom. The Kier molecular flexibility index (Phi) is 9.35. The SMILES string of the molecule is CN1CCc2nc(C(=O)N3CCN(S(=O)(=O)c4cc5cc(Cl)ccc5[nH]4)CC3CC(=O)NNS(C)(=O)=O)sc2C1.Cl. The summed E-state index contributed by atoms with van der Waals surface area (Å²) in [5, 5.41) is 1.33. The molecule has 1 fully saturated rings. The molecule has 0 spiro atoms. The highest BCUT2D eigenvalue weighted by Crippen LogP contribution is 2.29. The van der Waals surface area contributed by atoms with E-state index >= 15 is 0 Å². The van der Waals surface area contributed by atoms with Gasteiger partial charge in [0.2, 0.25) is 15.9 Å². The molecule has 0 bridgehead atoms. The number of carbonyl (C=O) groups is 2. The van der Waals surface area contributed by atoms with Crippen LogP contribution in [-0.4, -0.2) is 98.2 Å². The van der Waals surface area contributed by atoms with Crippen LogP contribution < -0.4 is 10.3 Å². The van der Waals surface area contributed by atoms with Crippen molar-refractivity contribution in [3.05, 3.63) is 44.9 Å². The van der Waals surface area contributed by atoms with Crippen molar-refractivity contribution < 1.29 is 26.4 Å². The monoisotopic (exact) mass is 665 g/mol. The van der Waals surface area contributed by atoms with Crippen LogP contribution >= 0.6 is 35.3 Å². The van der Waals surface area contributed by atoms with Gasteiger partial charge in [-0.3, -0.25) is 15.0 Å². The molecule has 3 N–H and O–H groups in total. The number of nitrogens with zero attached hydrogens (tertiary/aromatic N) is 4. The number of H-pyrrole nitrogens is 1. The maximum Gasteiger partial charge on any atom is 0.283 e. The first kappa shape index (κ1) is 31.6. The minimum Gasteiger partial charge on any atom is -0.345 e. The molecule has 41 heavy (non-hydrogen) atoms. The first-order valence-electron chi connectivity index (χ1n) is 12.3. The number of halogens is 2. The van der Waals surface area contributed by atoms with Crippen molar-refractivity contribution in [2.24, 2.45) is 0 Å². The molecule has 2 amide bonds. The second kappa shape index (κ2) is 12.1. The van der Waals surface area contributed by atoms with Gasteiger partial charge in [-0.15, -0.1) is 28.6 Å². The predicted molar refractivity (Wildman–Crippen MR) is 157 cm³/mol. The second-order valence-electron chi connectivity index (χ2n) is 9.88. The number of sulfonamides is 2. The van der Waals surface area contributed by atoms with Crippen molar-refractivity contribution in [3.63, 3.8) is 0 Å². The molecule has 13 nitrogen and oxygen atoms in total. The summed E-state index contributed by atoms with van der Waals surface area (Å²) in [5.41, 5.74) is 3.57. The quantitative estimate of drug-likeness (QED) is 0.317. The summed E-state index contributed by atoms with van der Waals surface area (Å²) in [5.74, 6) is -1.11. The third-order valence-corrected chi connectivity index (χ3v) is 10.3. The fraction of sp³-hybridized carbons (Fsp3) is 0.435. The highest BCUT2D eigenvalue weighted by atomic mass is 35.5. The largest absolute Gasteiger partial charge is 0.345 e. The van der Waals surface area contributed by atoms with Gasteiger partial charge in [-0.05, 0) is 31.3 Å². The third kappa shape index (κ3) is 7.02. The number of carbonyl (C=O) groups excluding carboxylic acids is 2. The van der Waals surface area contributed by atoms with Crippen LogP contribution in [0, 0.1) is 0 Å². The van der Waals surface area contributed by atoms with Crippen LogP contribution in [0.15, 0.2) is 29.3 Å². The van der Waals surface area contributed by atoms with Crippen molar-refractivity contribution in [1.29, 1.82) is 0 Å². The molecule has 0 radical (unpaired) electrons. The number of amides is 2. The van der Waals surface area contributed by atoms with Gasteiger partial charge in [-0.1, -0.05) is 11.6 Å². The minimum atomic E-state index is -4.03. The summed E-state index contributed by atoms with van der Waals surface area (Å²) in [7, 11) is -5.76. The summed E-state index contributed by atoms with van der Waals surface area (Å²) in [6.45, 7) is 1.36. The van der Waals surface area contributed by atoms with Crippen molar-refractivity contribution in [2.75, 3.05) is 39.5 Å². The zero-order valence-electron chi connectivity index (χ0n) is 22.1. The minimum absolute atomic E-state index is 0. The molecule has 1 aromatic carbocycles. The molecule has 224 valence electrons. The number of rotatable bonds is 7. The number of fused-ring (bicyclic) bond motifs is 2. The van der Waals surface area contributed by atoms with Crippen LogP contribution in [-0.2, 0) is 37.8 Å². The molecule has 4 heterocycles. The fourth-order valence-corrected chi connectivity index (χ4v) is 7.90. The number of thiazole rings is 1. The van der Waals surface area contributed by atoms with Crippen LogP contribution in [0.5, 0.6) is 0 Å². The van der Waals surface area contributed by atoms with Crippen LogP contribution in [0.3, 0.4) is 0 Å². The number of aromatic nitrogens is 2. The van der Waals surface area contributed by atoms with Crippen molar-refractivity contribution in [1.82, 2.24) is 34.3 Å². The second-order valence-corrected chi connectivity index (χ2v) is 15.1. The Labute approximate surface area is 252 Å². The Hall–Kier alpha value is -2.31. The van der Waals surface area contributed by atoms with Gasteiger partial charge in [0.1, 0.15) is 5.03 Å². The van der Waals surface area contributed by atoms with Gasteiger partial charge in [-0.25, -0.2) is 21.8 Å². The molecule has 3 aromatic rings. The van der Waals surface area contributed by atoms with E-state index in [0.29, 0.717) is 22.5 Å². The molecule has 2 aromatic heterocycles. The van der Waals surface area contributed by atoms with E-state index in [0.717, 1.165) is 29.8 Å². The van der Waals surface area contributed by atoms with E-state index in [4.69, 9.17) is 11.6 Å². The standard InChI is InChI=1S/C23H28ClN7O6S3.ClH/c1-29-6-5-18-19(13-29)38-22(26-18)23(33)31-8-7-30(12-16(31)11-20(32)27-28-39(2,34)35)40(36,37)21-10-14-9-15(24)3-4-17(14)25-21;/h3-4,9-10,16,25,28H,5-8,11-13H2,1-2H3,(H,27,32);1H. The molecular formula is C23H29Cl2N7O6S3. The lowest BCUT2D eigenvalue weighted by atomic mass is 10.1. The van der Waals surface area contributed by atoms with Gasteiger partial charge < -0.3 is 14.8 Å². The average Bonchev–Trinajstić information content (AvgIpc) is 3.50. The predicted octanol–water partition coefficient (Wildman–Crippen LogP) is 1.17. The van der Waals surface area contributed by atoms with Crippen LogP contribution in [0.4, 0.5) is 0 Å². The lowest BCUT2D eigenvalue weighted by Gasteiger charge is -2.40. The molecule has 2 aliphatic rings. The van der Waals surface area contributed by atoms with E-state index in [1.165, 1.54) is 26.6 Å². The zero-order valence-corrected chi connectivity index (χ0v) is 26.1. The average molecular weight is 667 g/mol. The Balaban J connectivity index is 0.00000387. The van der Waals surface area contributed by atoms with E-state index in [9.17, 15) is 26.4 Å². The summed E-state index contributed by atoms with van der Waals surface area (Å²) >= 11 is 7.35. The van der Waals surface area contributed by atoms with Crippen molar-refractivity contribution in [3.8, 4) is 0 Å². The number of nitrogens with one attached hydrogen (secondary N) is 3. The Morgan fingerprint density at radius 3 is 2.66 bits per heavy atom.